The molecule has 82 valence electrons. The van der Waals surface area contributed by atoms with Crippen molar-refractivity contribution in [2.24, 2.45) is 0 Å². The predicted octanol–water partition coefficient (Wildman–Crippen LogP) is 3.89. The third-order valence-corrected chi connectivity index (χ3v) is 3.99. The monoisotopic (exact) mass is 261 g/mol. The molecule has 15 heavy (non-hydrogen) atoms. The van der Waals surface area contributed by atoms with Gasteiger partial charge < -0.3 is 4.90 Å². The Morgan fingerprint density at radius 1 is 1.13 bits per heavy atom. The number of halogens is 2. The molecule has 0 atom stereocenters. The first-order valence-corrected chi connectivity index (χ1v) is 6.32. The SMILES string of the molecule is SC1CCN(c2ccc(Cl)c(Cl)c2)CC1. The topological polar surface area (TPSA) is 3.24 Å². The maximum absolute atomic E-state index is 5.99. The van der Waals surface area contributed by atoms with Crippen LogP contribution in [0.4, 0.5) is 5.69 Å². The molecule has 1 heterocycles. The van der Waals surface area contributed by atoms with Gasteiger partial charge in [-0.25, -0.2) is 0 Å². The summed E-state index contributed by atoms with van der Waals surface area (Å²) < 4.78 is 0. The molecule has 0 amide bonds. The molecule has 2 rings (SSSR count). The number of hydrogen-bond acceptors (Lipinski definition) is 2. The summed E-state index contributed by atoms with van der Waals surface area (Å²) in [6.45, 7) is 2.10. The van der Waals surface area contributed by atoms with Gasteiger partial charge in [-0.3, -0.25) is 0 Å². The molecular formula is C11H13Cl2NS. The van der Waals surface area contributed by atoms with E-state index in [0.29, 0.717) is 15.3 Å². The lowest BCUT2D eigenvalue weighted by Gasteiger charge is -2.31. The van der Waals surface area contributed by atoms with Crippen LogP contribution in [0, 0.1) is 0 Å². The molecule has 1 aliphatic heterocycles. The Bertz CT molecular complexity index is 348. The lowest BCUT2D eigenvalue weighted by Crippen LogP contribution is -2.33. The van der Waals surface area contributed by atoms with Crippen LogP contribution in [0.1, 0.15) is 12.8 Å². The molecular weight excluding hydrogens is 249 g/mol. The number of rotatable bonds is 1. The van der Waals surface area contributed by atoms with Crippen molar-refractivity contribution >= 4 is 41.5 Å². The third kappa shape index (κ3) is 2.74. The summed E-state index contributed by atoms with van der Waals surface area (Å²) in [6, 6.07) is 5.81. The van der Waals surface area contributed by atoms with Crippen molar-refractivity contribution in [1.29, 1.82) is 0 Å². The van der Waals surface area contributed by atoms with E-state index in [0.717, 1.165) is 31.6 Å². The van der Waals surface area contributed by atoms with Crippen LogP contribution in [0.5, 0.6) is 0 Å². The van der Waals surface area contributed by atoms with E-state index in [-0.39, 0.29) is 0 Å². The molecule has 1 saturated heterocycles. The fourth-order valence-corrected chi connectivity index (χ4v) is 2.33. The van der Waals surface area contributed by atoms with Crippen LogP contribution in [0.2, 0.25) is 10.0 Å². The summed E-state index contributed by atoms with van der Waals surface area (Å²) in [4.78, 5) is 2.33. The van der Waals surface area contributed by atoms with Crippen LogP contribution < -0.4 is 4.90 Å². The second-order valence-corrected chi connectivity index (χ2v) is 5.36. The Morgan fingerprint density at radius 3 is 2.40 bits per heavy atom. The normalized spacial score (nSPS) is 18.2. The van der Waals surface area contributed by atoms with E-state index < -0.39 is 0 Å². The average Bonchev–Trinajstić information content (AvgIpc) is 2.23. The summed E-state index contributed by atoms with van der Waals surface area (Å²) >= 11 is 16.3. The first-order valence-electron chi connectivity index (χ1n) is 5.05. The quantitative estimate of drug-likeness (QED) is 0.751. The van der Waals surface area contributed by atoms with Gasteiger partial charge >= 0.3 is 0 Å². The fraction of sp³-hybridized carbons (Fsp3) is 0.455. The van der Waals surface area contributed by atoms with Gasteiger partial charge in [-0.2, -0.15) is 12.6 Å². The van der Waals surface area contributed by atoms with Crippen molar-refractivity contribution in [3.8, 4) is 0 Å². The van der Waals surface area contributed by atoms with E-state index in [1.54, 1.807) is 0 Å². The molecule has 0 radical (unpaired) electrons. The maximum Gasteiger partial charge on any atom is 0.0612 e. The molecule has 4 heteroatoms. The van der Waals surface area contributed by atoms with Crippen LogP contribution in [0.3, 0.4) is 0 Å². The van der Waals surface area contributed by atoms with Crippen LogP contribution in [0.25, 0.3) is 0 Å². The fourth-order valence-electron chi connectivity index (χ4n) is 1.81. The minimum Gasteiger partial charge on any atom is -0.371 e. The second kappa shape index (κ2) is 4.86. The van der Waals surface area contributed by atoms with Gasteiger partial charge in [0.05, 0.1) is 10.0 Å². The van der Waals surface area contributed by atoms with E-state index in [9.17, 15) is 0 Å². The Hall–Kier alpha value is -0.0500. The van der Waals surface area contributed by atoms with Crippen molar-refractivity contribution in [2.75, 3.05) is 18.0 Å². The molecule has 0 aromatic heterocycles. The lowest BCUT2D eigenvalue weighted by molar-refractivity contribution is 0.593. The largest absolute Gasteiger partial charge is 0.371 e. The molecule has 0 aliphatic carbocycles. The highest BCUT2D eigenvalue weighted by Gasteiger charge is 2.16. The van der Waals surface area contributed by atoms with Gasteiger partial charge in [0.2, 0.25) is 0 Å². The highest BCUT2D eigenvalue weighted by atomic mass is 35.5. The van der Waals surface area contributed by atoms with E-state index in [2.05, 4.69) is 17.5 Å². The van der Waals surface area contributed by atoms with E-state index in [4.69, 9.17) is 23.2 Å². The van der Waals surface area contributed by atoms with E-state index in [1.807, 2.05) is 18.2 Å². The molecule has 1 aromatic rings. The molecule has 0 N–H and O–H groups in total. The Morgan fingerprint density at radius 2 is 1.80 bits per heavy atom. The van der Waals surface area contributed by atoms with Gasteiger partial charge in [-0.15, -0.1) is 0 Å². The zero-order chi connectivity index (χ0) is 10.8. The van der Waals surface area contributed by atoms with Gasteiger partial charge in [-0.1, -0.05) is 23.2 Å². The number of hydrogen-bond donors (Lipinski definition) is 1. The zero-order valence-electron chi connectivity index (χ0n) is 8.29. The Kier molecular flexibility index (Phi) is 3.70. The number of thiol groups is 1. The summed E-state index contributed by atoms with van der Waals surface area (Å²) in [7, 11) is 0. The molecule has 0 unspecified atom stereocenters. The predicted molar refractivity (Wildman–Crippen MR) is 70.7 cm³/mol. The third-order valence-electron chi connectivity index (χ3n) is 2.73. The van der Waals surface area contributed by atoms with Gasteiger partial charge in [0.25, 0.3) is 0 Å². The average molecular weight is 262 g/mol. The zero-order valence-corrected chi connectivity index (χ0v) is 10.7. The molecule has 0 saturated carbocycles. The van der Waals surface area contributed by atoms with Crippen molar-refractivity contribution in [3.63, 3.8) is 0 Å². The smallest absolute Gasteiger partial charge is 0.0612 e. The minimum absolute atomic E-state index is 0.545. The molecule has 1 aliphatic rings. The first kappa shape index (κ1) is 11.4. The van der Waals surface area contributed by atoms with Crippen LogP contribution >= 0.6 is 35.8 Å². The number of nitrogens with zero attached hydrogens (tertiary/aromatic N) is 1. The lowest BCUT2D eigenvalue weighted by atomic mass is 10.1. The van der Waals surface area contributed by atoms with Gasteiger partial charge in [0.15, 0.2) is 0 Å². The maximum atomic E-state index is 5.99. The molecule has 1 nitrogen and oxygen atoms in total. The minimum atomic E-state index is 0.545. The number of piperidine rings is 1. The Balaban J connectivity index is 2.12. The summed E-state index contributed by atoms with van der Waals surface area (Å²) in [6.07, 6.45) is 2.26. The van der Waals surface area contributed by atoms with Crippen molar-refractivity contribution in [2.45, 2.75) is 18.1 Å². The molecule has 0 spiro atoms. The molecule has 1 aromatic carbocycles. The highest BCUT2D eigenvalue weighted by molar-refractivity contribution is 7.80. The first-order chi connectivity index (χ1) is 7.16. The van der Waals surface area contributed by atoms with E-state index in [1.165, 1.54) is 0 Å². The van der Waals surface area contributed by atoms with Gasteiger partial charge in [0.1, 0.15) is 0 Å². The summed E-state index contributed by atoms with van der Waals surface area (Å²) in [5.41, 5.74) is 1.16. The van der Waals surface area contributed by atoms with E-state index >= 15 is 0 Å². The summed E-state index contributed by atoms with van der Waals surface area (Å²) in [5.74, 6) is 0. The molecule has 0 bridgehead atoms. The molecule has 1 fully saturated rings. The standard InChI is InChI=1S/C11H13Cl2NS/c12-10-2-1-8(7-11(10)13)14-5-3-9(15)4-6-14/h1-2,7,9,15H,3-6H2. The van der Waals surface area contributed by atoms with Crippen molar-refractivity contribution in [3.05, 3.63) is 28.2 Å². The van der Waals surface area contributed by atoms with Crippen molar-refractivity contribution in [1.82, 2.24) is 0 Å². The highest BCUT2D eigenvalue weighted by Crippen LogP contribution is 2.29. The van der Waals surface area contributed by atoms with Crippen LogP contribution in [0.15, 0.2) is 18.2 Å². The van der Waals surface area contributed by atoms with Gasteiger partial charge in [0, 0.05) is 24.0 Å². The number of benzene rings is 1. The summed E-state index contributed by atoms with van der Waals surface area (Å²) in [5, 5.41) is 1.79. The Labute approximate surface area is 106 Å². The van der Waals surface area contributed by atoms with Crippen molar-refractivity contribution < 1.29 is 0 Å². The van der Waals surface area contributed by atoms with Gasteiger partial charge in [-0.05, 0) is 31.0 Å². The van der Waals surface area contributed by atoms with Crippen LogP contribution in [-0.2, 0) is 0 Å². The second-order valence-electron chi connectivity index (χ2n) is 3.82. The van der Waals surface area contributed by atoms with Crippen LogP contribution in [-0.4, -0.2) is 18.3 Å². The number of anilines is 1.